The van der Waals surface area contributed by atoms with Crippen molar-refractivity contribution < 1.29 is 19.4 Å². The Bertz CT molecular complexity index is 592. The third-order valence-corrected chi connectivity index (χ3v) is 3.65. The predicted octanol–water partition coefficient (Wildman–Crippen LogP) is 2.43. The molecule has 0 aromatic heterocycles. The van der Waals surface area contributed by atoms with Gasteiger partial charge in [0.05, 0.1) is 12.6 Å². The molecule has 2 rings (SSSR count). The number of ether oxygens (including phenoxy) is 1. The molecule has 0 aliphatic carbocycles. The summed E-state index contributed by atoms with van der Waals surface area (Å²) in [6.07, 6.45) is 0. The van der Waals surface area contributed by atoms with Gasteiger partial charge >= 0.3 is 5.97 Å². The lowest BCUT2D eigenvalue weighted by Gasteiger charge is -2.28. The fourth-order valence-corrected chi connectivity index (χ4v) is 2.70. The van der Waals surface area contributed by atoms with Crippen LogP contribution in [0.3, 0.4) is 0 Å². The normalized spacial score (nSPS) is 18.3. The lowest BCUT2D eigenvalue weighted by atomic mass is 10.0. The molecule has 1 amide bonds. The monoisotopic (exact) mass is 303 g/mol. The molecule has 0 radical (unpaired) electrons. The second kappa shape index (κ2) is 6.64. The molecular formula is C17H21NO4. The first-order valence-electron chi connectivity index (χ1n) is 7.42. The van der Waals surface area contributed by atoms with Gasteiger partial charge in [-0.25, -0.2) is 4.79 Å². The van der Waals surface area contributed by atoms with Gasteiger partial charge in [0.15, 0.2) is 5.57 Å². The molecule has 118 valence electrons. The van der Waals surface area contributed by atoms with Crippen LogP contribution in [-0.2, 0) is 20.9 Å². The summed E-state index contributed by atoms with van der Waals surface area (Å²) in [5.74, 6) is -1.43. The van der Waals surface area contributed by atoms with E-state index in [0.29, 0.717) is 6.54 Å². The van der Waals surface area contributed by atoms with Crippen LogP contribution < -0.4 is 0 Å². The zero-order chi connectivity index (χ0) is 16.3. The number of carbonyl (C=O) groups excluding carboxylic acids is 2. The first-order chi connectivity index (χ1) is 10.5. The van der Waals surface area contributed by atoms with Crippen molar-refractivity contribution in [3.63, 3.8) is 0 Å². The predicted molar refractivity (Wildman–Crippen MR) is 81.9 cm³/mol. The van der Waals surface area contributed by atoms with E-state index in [-0.39, 0.29) is 23.9 Å². The van der Waals surface area contributed by atoms with Gasteiger partial charge in [0.1, 0.15) is 5.76 Å². The lowest BCUT2D eigenvalue weighted by Crippen LogP contribution is -2.38. The Kier molecular flexibility index (Phi) is 4.85. The second-order valence-electron chi connectivity index (χ2n) is 5.59. The van der Waals surface area contributed by atoms with Crippen LogP contribution in [0.5, 0.6) is 0 Å². The summed E-state index contributed by atoms with van der Waals surface area (Å²) in [7, 11) is 0. The third kappa shape index (κ3) is 2.98. The molecule has 5 heteroatoms. The topological polar surface area (TPSA) is 66.8 Å². The SMILES string of the molecule is CCOC(=O)C1=C(O)[C@@H](C(C)C)N(Cc2ccccc2)C1=O. The molecule has 1 N–H and O–H groups in total. The van der Waals surface area contributed by atoms with Gasteiger partial charge in [-0.15, -0.1) is 0 Å². The standard InChI is InChI=1S/C17H21NO4/c1-4-22-17(21)13-15(19)14(11(2)3)18(16(13)20)10-12-8-6-5-7-9-12/h5-9,11,14,19H,4,10H2,1-3H3/t14-/m1/s1. The number of rotatable bonds is 5. The van der Waals surface area contributed by atoms with E-state index in [1.807, 2.05) is 44.2 Å². The molecule has 1 heterocycles. The fraction of sp³-hybridized carbons (Fsp3) is 0.412. The molecule has 0 fully saturated rings. The molecule has 1 aliphatic rings. The van der Waals surface area contributed by atoms with Crippen molar-refractivity contribution in [2.45, 2.75) is 33.4 Å². The minimum Gasteiger partial charge on any atom is -0.509 e. The number of esters is 1. The Morgan fingerprint density at radius 1 is 1.32 bits per heavy atom. The average molecular weight is 303 g/mol. The fourth-order valence-electron chi connectivity index (χ4n) is 2.70. The highest BCUT2D eigenvalue weighted by Crippen LogP contribution is 2.31. The molecule has 0 saturated heterocycles. The van der Waals surface area contributed by atoms with E-state index < -0.39 is 17.9 Å². The summed E-state index contributed by atoms with van der Waals surface area (Å²) in [5, 5.41) is 10.4. The Labute approximate surface area is 130 Å². The van der Waals surface area contributed by atoms with Crippen LogP contribution in [0.1, 0.15) is 26.3 Å². The number of carbonyl (C=O) groups is 2. The van der Waals surface area contributed by atoms with Crippen LogP contribution in [-0.4, -0.2) is 34.5 Å². The number of amides is 1. The summed E-state index contributed by atoms with van der Waals surface area (Å²) in [6.45, 7) is 5.97. The average Bonchev–Trinajstić information content (AvgIpc) is 2.71. The third-order valence-electron chi connectivity index (χ3n) is 3.65. The zero-order valence-electron chi connectivity index (χ0n) is 13.1. The molecule has 1 aromatic rings. The van der Waals surface area contributed by atoms with E-state index >= 15 is 0 Å². The van der Waals surface area contributed by atoms with Crippen LogP contribution in [0.4, 0.5) is 0 Å². The smallest absolute Gasteiger partial charge is 0.347 e. The maximum atomic E-state index is 12.6. The Balaban J connectivity index is 2.32. The Hall–Kier alpha value is -2.30. The van der Waals surface area contributed by atoms with E-state index in [0.717, 1.165) is 5.56 Å². The van der Waals surface area contributed by atoms with Crippen molar-refractivity contribution in [2.24, 2.45) is 5.92 Å². The van der Waals surface area contributed by atoms with Crippen molar-refractivity contribution in [1.29, 1.82) is 0 Å². The lowest BCUT2D eigenvalue weighted by molar-refractivity contribution is -0.141. The summed E-state index contributed by atoms with van der Waals surface area (Å²) in [4.78, 5) is 26.0. The van der Waals surface area contributed by atoms with Gasteiger partial charge in [-0.05, 0) is 18.4 Å². The van der Waals surface area contributed by atoms with Gasteiger partial charge in [-0.2, -0.15) is 0 Å². The van der Waals surface area contributed by atoms with Crippen LogP contribution in [0.25, 0.3) is 0 Å². The summed E-state index contributed by atoms with van der Waals surface area (Å²) in [5.41, 5.74) is 0.705. The zero-order valence-corrected chi connectivity index (χ0v) is 13.1. The number of benzene rings is 1. The van der Waals surface area contributed by atoms with Crippen molar-refractivity contribution in [1.82, 2.24) is 4.90 Å². The number of nitrogens with zero attached hydrogens (tertiary/aromatic N) is 1. The second-order valence-corrected chi connectivity index (χ2v) is 5.59. The highest BCUT2D eigenvalue weighted by molar-refractivity contribution is 6.18. The molecule has 22 heavy (non-hydrogen) atoms. The summed E-state index contributed by atoms with van der Waals surface area (Å²) in [6, 6.07) is 8.98. The highest BCUT2D eigenvalue weighted by atomic mass is 16.5. The van der Waals surface area contributed by atoms with Crippen molar-refractivity contribution in [3.05, 3.63) is 47.2 Å². The molecule has 0 unspecified atom stereocenters. The molecule has 1 aromatic carbocycles. The largest absolute Gasteiger partial charge is 0.509 e. The van der Waals surface area contributed by atoms with E-state index in [2.05, 4.69) is 0 Å². The van der Waals surface area contributed by atoms with Crippen LogP contribution in [0.2, 0.25) is 0 Å². The minimum absolute atomic E-state index is 0.0143. The first kappa shape index (κ1) is 16.1. The minimum atomic E-state index is -0.758. The van der Waals surface area contributed by atoms with E-state index in [1.54, 1.807) is 6.92 Å². The molecule has 0 saturated carbocycles. The Morgan fingerprint density at radius 2 is 1.95 bits per heavy atom. The van der Waals surface area contributed by atoms with Gasteiger partial charge in [0, 0.05) is 6.54 Å². The highest BCUT2D eigenvalue weighted by Gasteiger charge is 2.44. The van der Waals surface area contributed by atoms with Gasteiger partial charge in [-0.3, -0.25) is 4.79 Å². The maximum Gasteiger partial charge on any atom is 0.347 e. The number of hydrogen-bond acceptors (Lipinski definition) is 4. The van der Waals surface area contributed by atoms with Crippen molar-refractivity contribution >= 4 is 11.9 Å². The summed E-state index contributed by atoms with van der Waals surface area (Å²) >= 11 is 0. The molecule has 1 aliphatic heterocycles. The summed E-state index contributed by atoms with van der Waals surface area (Å²) < 4.78 is 4.89. The Morgan fingerprint density at radius 3 is 2.50 bits per heavy atom. The van der Waals surface area contributed by atoms with Crippen LogP contribution >= 0.6 is 0 Å². The molecule has 0 spiro atoms. The first-order valence-corrected chi connectivity index (χ1v) is 7.42. The molecular weight excluding hydrogens is 282 g/mol. The van der Waals surface area contributed by atoms with Crippen molar-refractivity contribution in [2.75, 3.05) is 6.61 Å². The van der Waals surface area contributed by atoms with Gasteiger partial charge in [0.2, 0.25) is 0 Å². The van der Waals surface area contributed by atoms with E-state index in [4.69, 9.17) is 4.74 Å². The van der Waals surface area contributed by atoms with Gasteiger partial charge < -0.3 is 14.7 Å². The van der Waals surface area contributed by atoms with Crippen molar-refractivity contribution in [3.8, 4) is 0 Å². The number of aliphatic hydroxyl groups excluding tert-OH is 1. The number of hydrogen-bond donors (Lipinski definition) is 1. The number of aliphatic hydroxyl groups is 1. The maximum absolute atomic E-state index is 12.6. The van der Waals surface area contributed by atoms with Crippen LogP contribution in [0, 0.1) is 5.92 Å². The van der Waals surface area contributed by atoms with Gasteiger partial charge in [-0.1, -0.05) is 44.2 Å². The quantitative estimate of drug-likeness (QED) is 0.670. The molecule has 0 bridgehead atoms. The van der Waals surface area contributed by atoms with E-state index in [9.17, 15) is 14.7 Å². The van der Waals surface area contributed by atoms with Crippen LogP contribution in [0.15, 0.2) is 41.7 Å². The molecule has 1 atom stereocenters. The van der Waals surface area contributed by atoms with Gasteiger partial charge in [0.25, 0.3) is 5.91 Å². The molecule has 5 nitrogen and oxygen atoms in total. The van der Waals surface area contributed by atoms with E-state index in [1.165, 1.54) is 4.90 Å².